The number of aliphatic imine (C=N–C) groups is 1. The summed E-state index contributed by atoms with van der Waals surface area (Å²) in [5.41, 5.74) is 1.58. The lowest BCUT2D eigenvalue weighted by atomic mass is 10.3. The van der Waals surface area contributed by atoms with Crippen molar-refractivity contribution in [3.8, 4) is 0 Å². The molecule has 0 atom stereocenters. The Bertz CT molecular complexity index is 278. The summed E-state index contributed by atoms with van der Waals surface area (Å²) in [5, 5.41) is 2.87. The van der Waals surface area contributed by atoms with Crippen molar-refractivity contribution in [1.82, 2.24) is 15.3 Å². The second-order valence-electron chi connectivity index (χ2n) is 2.10. The zero-order chi connectivity index (χ0) is 8.81. The predicted molar refractivity (Wildman–Crippen MR) is 48.6 cm³/mol. The number of hydrogen-bond acceptors (Lipinski definition) is 4. The standard InChI is InChI=1S/C8H10N4/c1-9-5-8(10-2)7-3-11-6-12-4-7/h3-6,9H,2H2,1H3/b8-5-. The second kappa shape index (κ2) is 4.23. The van der Waals surface area contributed by atoms with Crippen molar-refractivity contribution in [2.75, 3.05) is 7.05 Å². The minimum Gasteiger partial charge on any atom is -0.392 e. The lowest BCUT2D eigenvalue weighted by Crippen LogP contribution is -1.95. The van der Waals surface area contributed by atoms with Crippen LogP contribution in [0.25, 0.3) is 5.70 Å². The van der Waals surface area contributed by atoms with E-state index in [-0.39, 0.29) is 0 Å². The van der Waals surface area contributed by atoms with Crippen LogP contribution < -0.4 is 5.32 Å². The Balaban J connectivity index is 2.96. The maximum atomic E-state index is 3.87. The Hall–Kier alpha value is -1.71. The first-order chi connectivity index (χ1) is 5.88. The van der Waals surface area contributed by atoms with Gasteiger partial charge in [-0.15, -0.1) is 0 Å². The monoisotopic (exact) mass is 162 g/mol. The molecule has 0 bridgehead atoms. The van der Waals surface area contributed by atoms with Crippen molar-refractivity contribution >= 4 is 12.4 Å². The lowest BCUT2D eigenvalue weighted by Gasteiger charge is -1.98. The van der Waals surface area contributed by atoms with Crippen LogP contribution in [-0.4, -0.2) is 23.7 Å². The van der Waals surface area contributed by atoms with Crippen LogP contribution in [0.15, 0.2) is 29.9 Å². The molecule has 1 heterocycles. The van der Waals surface area contributed by atoms with Gasteiger partial charge in [-0.1, -0.05) is 0 Å². The minimum atomic E-state index is 0.734. The molecule has 0 fully saturated rings. The highest BCUT2D eigenvalue weighted by Crippen LogP contribution is 2.10. The van der Waals surface area contributed by atoms with Gasteiger partial charge in [-0.2, -0.15) is 0 Å². The van der Waals surface area contributed by atoms with Gasteiger partial charge >= 0.3 is 0 Å². The van der Waals surface area contributed by atoms with Crippen molar-refractivity contribution in [2.45, 2.75) is 0 Å². The van der Waals surface area contributed by atoms with Gasteiger partial charge < -0.3 is 5.32 Å². The van der Waals surface area contributed by atoms with Crippen molar-refractivity contribution < 1.29 is 0 Å². The summed E-state index contributed by atoms with van der Waals surface area (Å²) < 4.78 is 0. The van der Waals surface area contributed by atoms with E-state index in [2.05, 4.69) is 27.0 Å². The van der Waals surface area contributed by atoms with Gasteiger partial charge in [0.1, 0.15) is 6.33 Å². The van der Waals surface area contributed by atoms with E-state index in [1.165, 1.54) is 6.33 Å². The third kappa shape index (κ3) is 1.88. The van der Waals surface area contributed by atoms with E-state index in [9.17, 15) is 0 Å². The highest BCUT2D eigenvalue weighted by Gasteiger charge is 1.96. The van der Waals surface area contributed by atoms with Gasteiger partial charge in [-0.05, 0) is 6.72 Å². The molecule has 0 saturated carbocycles. The normalized spacial score (nSPS) is 10.9. The molecule has 1 aromatic heterocycles. The second-order valence-corrected chi connectivity index (χ2v) is 2.10. The molecule has 0 aromatic carbocycles. The molecule has 4 nitrogen and oxygen atoms in total. The molecule has 0 aliphatic carbocycles. The molecule has 1 N–H and O–H groups in total. The molecule has 4 heteroatoms. The predicted octanol–water partition coefficient (Wildman–Crippen LogP) is 0.695. The van der Waals surface area contributed by atoms with E-state index in [1.54, 1.807) is 25.6 Å². The summed E-state index contributed by atoms with van der Waals surface area (Å²) in [6, 6.07) is 0. The van der Waals surface area contributed by atoms with Gasteiger partial charge in [0.2, 0.25) is 0 Å². The zero-order valence-electron chi connectivity index (χ0n) is 6.86. The summed E-state index contributed by atoms with van der Waals surface area (Å²) in [5.74, 6) is 0. The van der Waals surface area contributed by atoms with Crippen molar-refractivity contribution in [3.63, 3.8) is 0 Å². The minimum absolute atomic E-state index is 0.734. The van der Waals surface area contributed by atoms with Gasteiger partial charge in [0, 0.05) is 31.2 Å². The average molecular weight is 162 g/mol. The Morgan fingerprint density at radius 2 is 2.25 bits per heavy atom. The van der Waals surface area contributed by atoms with Crippen LogP contribution in [0.2, 0.25) is 0 Å². The summed E-state index contributed by atoms with van der Waals surface area (Å²) in [4.78, 5) is 11.6. The van der Waals surface area contributed by atoms with Gasteiger partial charge in [0.15, 0.2) is 0 Å². The first-order valence-corrected chi connectivity index (χ1v) is 3.48. The Morgan fingerprint density at radius 1 is 1.58 bits per heavy atom. The number of hydrogen-bond donors (Lipinski definition) is 1. The fourth-order valence-corrected chi connectivity index (χ4v) is 0.788. The molecule has 1 aromatic rings. The molecule has 0 spiro atoms. The van der Waals surface area contributed by atoms with E-state index < -0.39 is 0 Å². The SMILES string of the molecule is C=N/C(=C\NC)c1cncnc1. The third-order valence-corrected chi connectivity index (χ3v) is 1.31. The van der Waals surface area contributed by atoms with Gasteiger partial charge in [-0.25, -0.2) is 9.97 Å². The Labute approximate surface area is 71.1 Å². The van der Waals surface area contributed by atoms with Crippen LogP contribution in [0.5, 0.6) is 0 Å². The first kappa shape index (κ1) is 8.39. The highest BCUT2D eigenvalue weighted by molar-refractivity contribution is 5.66. The zero-order valence-corrected chi connectivity index (χ0v) is 6.86. The molecule has 0 radical (unpaired) electrons. The smallest absolute Gasteiger partial charge is 0.115 e. The van der Waals surface area contributed by atoms with Crippen LogP contribution in [-0.2, 0) is 0 Å². The molecule has 0 aliphatic heterocycles. The molecule has 0 aliphatic rings. The van der Waals surface area contributed by atoms with E-state index in [1.807, 2.05) is 0 Å². The third-order valence-electron chi connectivity index (χ3n) is 1.31. The van der Waals surface area contributed by atoms with E-state index >= 15 is 0 Å². The van der Waals surface area contributed by atoms with Crippen LogP contribution in [0, 0.1) is 0 Å². The lowest BCUT2D eigenvalue weighted by molar-refractivity contribution is 1.09. The number of nitrogens with one attached hydrogen (secondary N) is 1. The molecular weight excluding hydrogens is 152 g/mol. The first-order valence-electron chi connectivity index (χ1n) is 3.48. The highest BCUT2D eigenvalue weighted by atomic mass is 14.9. The van der Waals surface area contributed by atoms with Gasteiger partial charge in [0.05, 0.1) is 5.70 Å². The van der Waals surface area contributed by atoms with Crippen LogP contribution in [0.1, 0.15) is 5.56 Å². The molecule has 0 saturated heterocycles. The van der Waals surface area contributed by atoms with Crippen molar-refractivity contribution in [2.24, 2.45) is 4.99 Å². The quantitative estimate of drug-likeness (QED) is 0.665. The van der Waals surface area contributed by atoms with Gasteiger partial charge in [-0.3, -0.25) is 4.99 Å². The fraction of sp³-hybridized carbons (Fsp3) is 0.125. The summed E-state index contributed by atoms with van der Waals surface area (Å²) in [6.45, 7) is 3.44. The number of rotatable bonds is 3. The van der Waals surface area contributed by atoms with E-state index in [0.717, 1.165) is 11.3 Å². The largest absolute Gasteiger partial charge is 0.392 e. The van der Waals surface area contributed by atoms with Gasteiger partial charge in [0.25, 0.3) is 0 Å². The van der Waals surface area contributed by atoms with Crippen molar-refractivity contribution in [3.05, 3.63) is 30.5 Å². The molecule has 0 unspecified atom stereocenters. The summed E-state index contributed by atoms with van der Waals surface area (Å²) in [6.07, 6.45) is 6.59. The summed E-state index contributed by atoms with van der Waals surface area (Å²) >= 11 is 0. The topological polar surface area (TPSA) is 50.2 Å². The van der Waals surface area contributed by atoms with Crippen molar-refractivity contribution in [1.29, 1.82) is 0 Å². The van der Waals surface area contributed by atoms with Crippen LogP contribution >= 0.6 is 0 Å². The molecular formula is C8H10N4. The van der Waals surface area contributed by atoms with Crippen LogP contribution in [0.3, 0.4) is 0 Å². The molecule has 1 rings (SSSR count). The number of nitrogens with zero attached hydrogens (tertiary/aromatic N) is 3. The fourth-order valence-electron chi connectivity index (χ4n) is 0.788. The molecule has 0 amide bonds. The number of aromatic nitrogens is 2. The maximum absolute atomic E-state index is 3.87. The Kier molecular flexibility index (Phi) is 2.95. The summed E-state index contributed by atoms with van der Waals surface area (Å²) in [7, 11) is 1.80. The van der Waals surface area contributed by atoms with E-state index in [0.29, 0.717) is 0 Å². The Morgan fingerprint density at radius 3 is 2.75 bits per heavy atom. The molecule has 62 valence electrons. The average Bonchev–Trinajstić information content (AvgIpc) is 2.15. The molecule has 12 heavy (non-hydrogen) atoms. The van der Waals surface area contributed by atoms with Crippen LogP contribution in [0.4, 0.5) is 0 Å². The maximum Gasteiger partial charge on any atom is 0.115 e. The van der Waals surface area contributed by atoms with E-state index in [4.69, 9.17) is 0 Å².